The Bertz CT molecular complexity index is 1090. The lowest BCUT2D eigenvalue weighted by molar-refractivity contribution is -0.138. The maximum Gasteiger partial charge on any atom is 0.352 e. The number of ether oxygens (including phenoxy) is 1. The molecule has 6 heteroatoms. The average molecular weight is 447 g/mol. The minimum atomic E-state index is -0.916. The third kappa shape index (κ3) is 5.34. The highest BCUT2D eigenvalue weighted by Crippen LogP contribution is 2.38. The van der Waals surface area contributed by atoms with Gasteiger partial charge in [-0.25, -0.2) is 9.78 Å². The van der Waals surface area contributed by atoms with Crippen LogP contribution >= 0.6 is 0 Å². The van der Waals surface area contributed by atoms with Crippen LogP contribution in [0.15, 0.2) is 60.7 Å². The molecule has 2 heterocycles. The predicted octanol–water partition coefficient (Wildman–Crippen LogP) is 5.53. The van der Waals surface area contributed by atoms with Crippen LogP contribution in [0.4, 0.5) is 0 Å². The van der Waals surface area contributed by atoms with Crippen LogP contribution in [0.2, 0.25) is 0 Å². The zero-order chi connectivity index (χ0) is 22.6. The van der Waals surface area contributed by atoms with Gasteiger partial charge in [0.15, 0.2) is 0 Å². The third-order valence-electron chi connectivity index (χ3n) is 6.86. The van der Waals surface area contributed by atoms with Crippen molar-refractivity contribution in [1.29, 1.82) is 0 Å². The van der Waals surface area contributed by atoms with E-state index in [1.165, 1.54) is 44.1 Å². The van der Waals surface area contributed by atoms with Crippen molar-refractivity contribution in [2.45, 2.75) is 57.3 Å². The maximum atomic E-state index is 11.2. The maximum absolute atomic E-state index is 11.2. The molecule has 1 aliphatic carbocycles. The molecule has 6 nitrogen and oxygen atoms in total. The number of benzene rings is 2. The fraction of sp³-hybridized carbons (Fsp3) is 0.407. The molecule has 2 aliphatic rings. The van der Waals surface area contributed by atoms with Crippen molar-refractivity contribution in [3.8, 4) is 5.75 Å². The van der Waals surface area contributed by atoms with Crippen LogP contribution in [0.1, 0.15) is 55.7 Å². The first-order valence-electron chi connectivity index (χ1n) is 11.9. The number of pyridine rings is 1. The number of carbonyl (C=O) groups is 1. The van der Waals surface area contributed by atoms with Crippen molar-refractivity contribution < 1.29 is 19.5 Å². The summed E-state index contributed by atoms with van der Waals surface area (Å²) < 4.78 is 6.01. The molecule has 1 aromatic heterocycles. The van der Waals surface area contributed by atoms with Crippen LogP contribution in [0.5, 0.6) is 5.75 Å². The lowest BCUT2D eigenvalue weighted by atomic mass is 9.81. The van der Waals surface area contributed by atoms with Gasteiger partial charge in [-0.15, -0.1) is 5.06 Å². The Morgan fingerprint density at radius 3 is 2.52 bits per heavy atom. The Morgan fingerprint density at radius 1 is 1.03 bits per heavy atom. The van der Waals surface area contributed by atoms with Crippen molar-refractivity contribution >= 4 is 16.9 Å². The molecule has 1 saturated heterocycles. The average Bonchev–Trinajstić information content (AvgIpc) is 3.65. The van der Waals surface area contributed by atoms with Crippen molar-refractivity contribution in [2.24, 2.45) is 5.92 Å². The van der Waals surface area contributed by atoms with Crippen LogP contribution in [0.3, 0.4) is 0 Å². The van der Waals surface area contributed by atoms with E-state index in [1.807, 2.05) is 36.4 Å². The lowest BCUT2D eigenvalue weighted by Crippen LogP contribution is -2.23. The van der Waals surface area contributed by atoms with Gasteiger partial charge in [-0.05, 0) is 48.6 Å². The Balaban J connectivity index is 1.26. The number of nitrogens with zero attached hydrogens (tertiary/aromatic N) is 2. The first-order chi connectivity index (χ1) is 16.2. The van der Waals surface area contributed by atoms with Gasteiger partial charge in [0.25, 0.3) is 6.23 Å². The van der Waals surface area contributed by atoms with Gasteiger partial charge in [0.05, 0.1) is 11.2 Å². The number of hydroxylamine groups is 2. The highest BCUT2D eigenvalue weighted by molar-refractivity contribution is 5.78. The van der Waals surface area contributed by atoms with Crippen molar-refractivity contribution in [2.75, 3.05) is 6.54 Å². The summed E-state index contributed by atoms with van der Waals surface area (Å²) in [7, 11) is 0. The van der Waals surface area contributed by atoms with Crippen LogP contribution < -0.4 is 4.74 Å². The van der Waals surface area contributed by atoms with E-state index in [9.17, 15) is 9.90 Å². The van der Waals surface area contributed by atoms with Gasteiger partial charge in [-0.1, -0.05) is 62.1 Å². The molecule has 2 fully saturated rings. The summed E-state index contributed by atoms with van der Waals surface area (Å²) in [6, 6.07) is 20.4. The number of carboxylic acid groups (broad SMARTS) is 1. The molecule has 3 atom stereocenters. The van der Waals surface area contributed by atoms with E-state index < -0.39 is 12.2 Å². The van der Waals surface area contributed by atoms with Gasteiger partial charge in [0.2, 0.25) is 0 Å². The molecule has 0 spiro atoms. The predicted molar refractivity (Wildman–Crippen MR) is 126 cm³/mol. The third-order valence-corrected chi connectivity index (χ3v) is 6.86. The fourth-order valence-electron chi connectivity index (χ4n) is 5.00. The highest BCUT2D eigenvalue weighted by Gasteiger charge is 2.45. The minimum absolute atomic E-state index is 0.253. The first-order valence-corrected chi connectivity index (χ1v) is 11.9. The second-order valence-electron chi connectivity index (χ2n) is 9.11. The largest absolute Gasteiger partial charge is 0.487 e. The summed E-state index contributed by atoms with van der Waals surface area (Å²) in [5.41, 5.74) is 3.09. The summed E-state index contributed by atoms with van der Waals surface area (Å²) in [6.45, 7) is 1.03. The number of hydrogen-bond donors (Lipinski definition) is 1. The quantitative estimate of drug-likeness (QED) is 0.362. The zero-order valence-corrected chi connectivity index (χ0v) is 18.7. The number of carboxylic acids is 1. The van der Waals surface area contributed by atoms with Crippen molar-refractivity contribution in [3.63, 3.8) is 0 Å². The van der Waals surface area contributed by atoms with Gasteiger partial charge < -0.3 is 9.84 Å². The van der Waals surface area contributed by atoms with Gasteiger partial charge in [0, 0.05) is 17.8 Å². The van der Waals surface area contributed by atoms with Gasteiger partial charge >= 0.3 is 5.97 Å². The summed E-state index contributed by atoms with van der Waals surface area (Å²) >= 11 is 0. The Morgan fingerprint density at radius 2 is 1.79 bits per heavy atom. The van der Waals surface area contributed by atoms with E-state index in [0.29, 0.717) is 19.1 Å². The minimum Gasteiger partial charge on any atom is -0.487 e. The van der Waals surface area contributed by atoms with Gasteiger partial charge in [0.1, 0.15) is 12.4 Å². The van der Waals surface area contributed by atoms with E-state index in [4.69, 9.17) is 9.57 Å². The Hall–Kier alpha value is -2.96. The van der Waals surface area contributed by atoms with E-state index in [2.05, 4.69) is 29.2 Å². The molecule has 2 aromatic carbocycles. The summed E-state index contributed by atoms with van der Waals surface area (Å²) in [5.74, 6) is 0.684. The standard InChI is InChI=1S/C27H30N2O4/c30-27(31)26-29(33-26)17-24(19-7-3-1-2-4-8-19)20-12-15-23(16-13-20)32-18-22-14-11-21-9-5-6-10-25(21)28-22/h5-6,9-16,19,24,26H,1-4,7-8,17-18H2,(H,30,31). The lowest BCUT2D eigenvalue weighted by Gasteiger charge is -2.26. The summed E-state index contributed by atoms with van der Waals surface area (Å²) in [5, 5.41) is 11.9. The number of aliphatic carboxylic acids is 1. The first kappa shape index (κ1) is 21.9. The number of para-hydroxylation sites is 1. The Labute approximate surface area is 194 Å². The molecular formula is C27H30N2O4. The molecule has 0 amide bonds. The van der Waals surface area contributed by atoms with Gasteiger partial charge in [-0.3, -0.25) is 4.84 Å². The molecule has 0 bridgehead atoms. The topological polar surface area (TPSA) is 75.0 Å². The van der Waals surface area contributed by atoms with Crippen LogP contribution in [-0.4, -0.2) is 33.9 Å². The number of rotatable bonds is 8. The SMILES string of the molecule is O=C(O)C1ON1CC(c1ccc(OCc2ccc3ccccc3n2)cc1)C1CCCCCC1. The molecular weight excluding hydrogens is 416 g/mol. The molecule has 0 radical (unpaired) electrons. The molecule has 3 aromatic rings. The van der Waals surface area contributed by atoms with Crippen LogP contribution in [0, 0.1) is 5.92 Å². The molecule has 1 N–H and O–H groups in total. The molecule has 33 heavy (non-hydrogen) atoms. The van der Waals surface area contributed by atoms with Crippen LogP contribution in [-0.2, 0) is 16.2 Å². The molecule has 3 unspecified atom stereocenters. The second kappa shape index (κ2) is 9.89. The van der Waals surface area contributed by atoms with Crippen molar-refractivity contribution in [3.05, 3.63) is 71.9 Å². The number of fused-ring (bicyclic) bond motifs is 1. The second-order valence-corrected chi connectivity index (χ2v) is 9.11. The van der Waals surface area contributed by atoms with Gasteiger partial charge in [-0.2, -0.15) is 0 Å². The van der Waals surface area contributed by atoms with E-state index >= 15 is 0 Å². The van der Waals surface area contributed by atoms with E-state index in [-0.39, 0.29) is 5.92 Å². The Kier molecular flexibility index (Phi) is 6.55. The monoisotopic (exact) mass is 446 g/mol. The van der Waals surface area contributed by atoms with E-state index in [1.54, 1.807) is 5.06 Å². The van der Waals surface area contributed by atoms with E-state index in [0.717, 1.165) is 22.3 Å². The summed E-state index contributed by atoms with van der Waals surface area (Å²) in [4.78, 5) is 21.2. The fourth-order valence-corrected chi connectivity index (χ4v) is 5.00. The highest BCUT2D eigenvalue weighted by atomic mass is 16.8. The normalized spacial score (nSPS) is 21.9. The number of hydrogen-bond acceptors (Lipinski definition) is 5. The van der Waals surface area contributed by atoms with Crippen molar-refractivity contribution in [1.82, 2.24) is 10.0 Å². The van der Waals surface area contributed by atoms with Crippen LogP contribution in [0.25, 0.3) is 10.9 Å². The molecule has 1 aliphatic heterocycles. The molecule has 1 saturated carbocycles. The zero-order valence-electron chi connectivity index (χ0n) is 18.7. The molecule has 172 valence electrons. The molecule has 5 rings (SSSR count). The summed E-state index contributed by atoms with van der Waals surface area (Å²) in [6.07, 6.45) is 6.63. The smallest absolute Gasteiger partial charge is 0.352 e. The number of aromatic nitrogens is 1.